The maximum Gasteiger partial charge on any atom is 0.390 e. The Kier molecular flexibility index (Phi) is 6.82. The predicted molar refractivity (Wildman–Crippen MR) is 114 cm³/mol. The zero-order valence-corrected chi connectivity index (χ0v) is 15.9. The van der Waals surface area contributed by atoms with E-state index in [1.54, 1.807) is 0 Å². The highest BCUT2D eigenvalue weighted by Crippen LogP contribution is 2.28. The highest BCUT2D eigenvalue weighted by atomic mass is 16.4. The van der Waals surface area contributed by atoms with Gasteiger partial charge in [-0.15, -0.1) is 0 Å². The first-order chi connectivity index (χ1) is 13.8. The van der Waals surface area contributed by atoms with Gasteiger partial charge in [-0.05, 0) is 17.5 Å². The van der Waals surface area contributed by atoms with Crippen molar-refractivity contribution in [3.63, 3.8) is 0 Å². The lowest BCUT2D eigenvalue weighted by Gasteiger charge is -2.04. The van der Waals surface area contributed by atoms with E-state index in [1.807, 2.05) is 60.7 Å². The molecule has 0 N–H and O–H groups in total. The molecule has 0 aliphatic heterocycles. The second-order valence-corrected chi connectivity index (χ2v) is 6.31. The van der Waals surface area contributed by atoms with Gasteiger partial charge < -0.3 is 4.42 Å². The Morgan fingerprint density at radius 1 is 0.714 bits per heavy atom. The smallest absolute Gasteiger partial charge is 0.390 e. The summed E-state index contributed by atoms with van der Waals surface area (Å²) in [6.07, 6.45) is 2.45. The van der Waals surface area contributed by atoms with Gasteiger partial charge in [0.1, 0.15) is 0 Å². The Morgan fingerprint density at radius 2 is 1.25 bits per heavy atom. The Morgan fingerprint density at radius 3 is 1.82 bits per heavy atom. The van der Waals surface area contributed by atoms with Gasteiger partial charge in [-0.1, -0.05) is 110 Å². The Balaban J connectivity index is 0.000000211. The number of hydrogen-bond acceptors (Lipinski definition) is 2. The molecule has 0 saturated heterocycles. The van der Waals surface area contributed by atoms with E-state index in [0.29, 0.717) is 5.76 Å². The standard InChI is InChI=1S/C17H10O2.C9H12/c18-16-12-11-15(13-7-3-1-4-8-13)17(19-16)14-9-5-2-6-10-14;1-2-6-9-7-4-3-5-8-9/h1-10H;3-5,7-8H,2,6H2,1H3. The molecule has 1 aromatic heterocycles. The van der Waals surface area contributed by atoms with Crippen LogP contribution in [0.4, 0.5) is 0 Å². The first-order valence-electron chi connectivity index (χ1n) is 9.41. The quantitative estimate of drug-likeness (QED) is 0.429. The van der Waals surface area contributed by atoms with Gasteiger partial charge in [-0.3, -0.25) is 0 Å². The molecule has 3 aromatic carbocycles. The molecule has 4 rings (SSSR count). The molecule has 0 aliphatic carbocycles. The van der Waals surface area contributed by atoms with E-state index in [4.69, 9.17) is 4.42 Å². The first-order valence-corrected chi connectivity index (χ1v) is 9.41. The van der Waals surface area contributed by atoms with Crippen LogP contribution in [0.5, 0.6) is 0 Å². The minimum atomic E-state index is -0.515. The van der Waals surface area contributed by atoms with Gasteiger partial charge in [0.15, 0.2) is 5.76 Å². The third-order valence-corrected chi connectivity index (χ3v) is 4.19. The maximum absolute atomic E-state index is 11.4. The Bertz CT molecular complexity index is 1020. The van der Waals surface area contributed by atoms with E-state index in [0.717, 1.165) is 16.7 Å². The molecule has 0 unspecified atom stereocenters. The molecule has 0 atom stereocenters. The van der Waals surface area contributed by atoms with Crippen LogP contribution in [0.15, 0.2) is 100 Å². The van der Waals surface area contributed by atoms with Gasteiger partial charge in [0.05, 0.1) is 5.56 Å². The van der Waals surface area contributed by atoms with Gasteiger partial charge in [-0.25, -0.2) is 4.79 Å². The van der Waals surface area contributed by atoms with Crippen molar-refractivity contribution in [1.82, 2.24) is 0 Å². The third kappa shape index (κ3) is 5.22. The number of rotatable bonds is 4. The Hall–Kier alpha value is -3.57. The molecule has 1 heterocycles. The average molecular weight is 366 g/mol. The zero-order valence-electron chi connectivity index (χ0n) is 15.9. The summed E-state index contributed by atoms with van der Waals surface area (Å²) < 4.78 is 5.31. The lowest BCUT2D eigenvalue weighted by molar-refractivity contribution is 0.529. The van der Waals surface area contributed by atoms with Crippen molar-refractivity contribution in [3.05, 3.63) is 119 Å². The third-order valence-electron chi connectivity index (χ3n) is 4.19. The molecule has 2 heteroatoms. The molecule has 0 saturated carbocycles. The van der Waals surface area contributed by atoms with E-state index in [-0.39, 0.29) is 0 Å². The first kappa shape index (κ1) is 19.2. The van der Waals surface area contributed by atoms with Crippen molar-refractivity contribution in [2.24, 2.45) is 0 Å². The van der Waals surface area contributed by atoms with Crippen LogP contribution in [0.25, 0.3) is 22.5 Å². The van der Waals surface area contributed by atoms with Crippen molar-refractivity contribution < 1.29 is 4.42 Å². The molecule has 2 nitrogen and oxygen atoms in total. The van der Waals surface area contributed by atoms with E-state index in [1.165, 1.54) is 18.4 Å². The summed E-state index contributed by atoms with van der Waals surface area (Å²) >= 11 is 0. The Labute approximate surface area is 166 Å². The van der Waals surface area contributed by atoms with E-state index < -0.39 is 5.63 Å². The second-order valence-electron chi connectivity index (χ2n) is 6.31. The largest absolute Gasteiger partial charge is 0.415 e. The van der Waals surface area contributed by atoms with Crippen LogP contribution in [0.2, 0.25) is 0 Å². The minimum Gasteiger partial charge on any atom is -0.415 e. The molecular formula is C26H22O2. The normalized spacial score (nSPS) is 9.75. The van der Waals surface area contributed by atoms with Crippen molar-refractivity contribution in [2.75, 3.05) is 0 Å². The molecule has 0 radical (unpaired) electrons. The van der Waals surface area contributed by atoms with Gasteiger partial charge in [0, 0.05) is 11.6 Å². The van der Waals surface area contributed by atoms with Crippen LogP contribution in [0, 0.1) is 12.1 Å². The van der Waals surface area contributed by atoms with Crippen LogP contribution in [0.1, 0.15) is 18.9 Å². The molecule has 28 heavy (non-hydrogen) atoms. The number of hydrogen-bond donors (Lipinski definition) is 0. The van der Waals surface area contributed by atoms with Crippen molar-refractivity contribution in [1.29, 1.82) is 0 Å². The fourth-order valence-corrected chi connectivity index (χ4v) is 2.87. The van der Waals surface area contributed by atoms with Crippen LogP contribution in [-0.2, 0) is 6.42 Å². The summed E-state index contributed by atoms with van der Waals surface area (Å²) in [7, 11) is 0. The SMILES string of the molecule is CCCc1ccccc1.O=c1c#cc(-c2ccccc2)c(-c2ccccc2)o1. The lowest BCUT2D eigenvalue weighted by Crippen LogP contribution is -1.96. The monoisotopic (exact) mass is 366 g/mol. The number of aryl methyl sites for hydroxylation is 1. The van der Waals surface area contributed by atoms with Gasteiger partial charge in [0.25, 0.3) is 0 Å². The summed E-state index contributed by atoms with van der Waals surface area (Å²) in [6.45, 7) is 2.20. The fourth-order valence-electron chi connectivity index (χ4n) is 2.87. The highest BCUT2D eigenvalue weighted by Gasteiger charge is 2.09. The van der Waals surface area contributed by atoms with Crippen molar-refractivity contribution in [3.8, 4) is 22.5 Å². The van der Waals surface area contributed by atoms with Crippen LogP contribution in [-0.4, -0.2) is 0 Å². The summed E-state index contributed by atoms with van der Waals surface area (Å²) in [6, 6.07) is 35.2. The van der Waals surface area contributed by atoms with Crippen LogP contribution in [0.3, 0.4) is 0 Å². The van der Waals surface area contributed by atoms with Crippen molar-refractivity contribution in [2.45, 2.75) is 19.8 Å². The molecule has 0 fully saturated rings. The summed E-state index contributed by atoms with van der Waals surface area (Å²) in [5, 5.41) is 0. The molecule has 0 spiro atoms. The molecule has 0 aliphatic rings. The summed E-state index contributed by atoms with van der Waals surface area (Å²) in [5.41, 5.74) is 3.47. The second kappa shape index (κ2) is 9.94. The molecule has 138 valence electrons. The maximum atomic E-state index is 11.4. The van der Waals surface area contributed by atoms with Crippen molar-refractivity contribution >= 4 is 0 Å². The van der Waals surface area contributed by atoms with Gasteiger partial charge in [-0.2, -0.15) is 0 Å². The van der Waals surface area contributed by atoms with Gasteiger partial charge >= 0.3 is 5.63 Å². The molecule has 0 amide bonds. The molecular weight excluding hydrogens is 344 g/mol. The van der Waals surface area contributed by atoms with E-state index in [2.05, 4.69) is 49.4 Å². The molecule has 0 bridgehead atoms. The number of benzene rings is 3. The topological polar surface area (TPSA) is 30.2 Å². The average Bonchev–Trinajstić information content (AvgIpc) is 2.76. The minimum absolute atomic E-state index is 0.515. The van der Waals surface area contributed by atoms with Crippen LogP contribution >= 0.6 is 0 Å². The fraction of sp³-hybridized carbons (Fsp3) is 0.115. The summed E-state index contributed by atoms with van der Waals surface area (Å²) in [5.74, 6) is 0.524. The van der Waals surface area contributed by atoms with E-state index in [9.17, 15) is 4.79 Å². The summed E-state index contributed by atoms with van der Waals surface area (Å²) in [4.78, 5) is 11.4. The van der Waals surface area contributed by atoms with Crippen LogP contribution < -0.4 is 5.63 Å². The van der Waals surface area contributed by atoms with Gasteiger partial charge in [0.2, 0.25) is 0 Å². The zero-order chi connectivity index (χ0) is 19.6. The lowest BCUT2D eigenvalue weighted by atomic mass is 10.0. The van der Waals surface area contributed by atoms with E-state index >= 15 is 0 Å². The molecule has 4 aromatic rings. The predicted octanol–water partition coefficient (Wildman–Crippen LogP) is 6.21. The highest BCUT2D eigenvalue weighted by molar-refractivity contribution is 5.77.